The minimum absolute atomic E-state index is 0.795. The van der Waals surface area contributed by atoms with Crippen LogP contribution in [0.3, 0.4) is 0 Å². The quantitative estimate of drug-likeness (QED) is 0.461. The monoisotopic (exact) mass is 266 g/mol. The molecule has 1 nitrogen and oxygen atoms in total. The Bertz CT molecular complexity index is 305. The van der Waals surface area contributed by atoms with E-state index in [1.54, 1.807) is 0 Å². The zero-order valence-corrected chi connectivity index (χ0v) is 13.0. The highest BCUT2D eigenvalue weighted by molar-refractivity contribution is 7.09. The van der Waals surface area contributed by atoms with Gasteiger partial charge in [-0.25, -0.2) is 0 Å². The molecule has 0 radical (unpaired) electrons. The molecule has 2 heteroatoms. The molecule has 1 aromatic carbocycles. The summed E-state index contributed by atoms with van der Waals surface area (Å²) >= 11 is 0. The lowest BCUT2D eigenvalue weighted by Gasteiger charge is -2.06. The number of aryl methyl sites for hydroxylation is 2. The summed E-state index contributed by atoms with van der Waals surface area (Å²) in [5.74, 6) is 0.795. The maximum Gasteiger partial charge on any atom is 0.0501 e. The van der Waals surface area contributed by atoms with Crippen molar-refractivity contribution >= 4 is 9.47 Å². The third-order valence-electron chi connectivity index (χ3n) is 3.26. The Morgan fingerprint density at radius 3 is 2.11 bits per heavy atom. The molecule has 0 aliphatic heterocycles. The smallest absolute Gasteiger partial charge is 0.0501 e. The van der Waals surface area contributed by atoms with Crippen molar-refractivity contribution in [3.05, 3.63) is 35.4 Å². The molecular weight excluding hydrogens is 239 g/mol. The summed E-state index contributed by atoms with van der Waals surface area (Å²) in [5.41, 5.74) is 2.94. The molecule has 102 valence electrons. The second kappa shape index (κ2) is 9.53. The van der Waals surface area contributed by atoms with E-state index in [-0.39, 0.29) is 0 Å². The second-order valence-electron chi connectivity index (χ2n) is 5.43. The van der Waals surface area contributed by atoms with Gasteiger partial charge in [-0.05, 0) is 49.1 Å². The molecule has 1 aromatic rings. The van der Waals surface area contributed by atoms with Gasteiger partial charge in [0, 0.05) is 9.47 Å². The molecule has 18 heavy (non-hydrogen) atoms. The summed E-state index contributed by atoms with van der Waals surface area (Å²) in [6.45, 7) is 5.43. The highest BCUT2D eigenvalue weighted by Crippen LogP contribution is 2.12. The molecule has 0 N–H and O–H groups in total. The Kier molecular flexibility index (Phi) is 8.29. The lowest BCUT2D eigenvalue weighted by atomic mass is 10.00. The Morgan fingerprint density at radius 2 is 1.56 bits per heavy atom. The van der Waals surface area contributed by atoms with Gasteiger partial charge < -0.3 is 4.52 Å². The fourth-order valence-electron chi connectivity index (χ4n) is 2.02. The van der Waals surface area contributed by atoms with Crippen LogP contribution in [0.1, 0.15) is 50.7 Å². The standard InChI is InChI=1S/C16H27OP/c1-14(2)7-8-16-11-9-15(10-12-16)6-4-3-5-13-17-18/h9-12,14H,3-8,13,18H2,1-2H3. The summed E-state index contributed by atoms with van der Waals surface area (Å²) in [5, 5.41) is 0. The van der Waals surface area contributed by atoms with E-state index in [4.69, 9.17) is 4.52 Å². The predicted octanol–water partition coefficient (Wildman–Crippen LogP) is 4.79. The minimum atomic E-state index is 0.795. The van der Waals surface area contributed by atoms with Gasteiger partial charge in [0.25, 0.3) is 0 Å². The zero-order chi connectivity index (χ0) is 13.2. The average Bonchev–Trinajstić information content (AvgIpc) is 2.37. The predicted molar refractivity (Wildman–Crippen MR) is 82.8 cm³/mol. The summed E-state index contributed by atoms with van der Waals surface area (Å²) < 4.78 is 4.97. The Labute approximate surface area is 115 Å². The molecule has 0 aromatic heterocycles. The first kappa shape index (κ1) is 15.7. The molecular formula is C16H27OP. The van der Waals surface area contributed by atoms with Crippen molar-refractivity contribution in [2.45, 2.75) is 52.4 Å². The highest BCUT2D eigenvalue weighted by atomic mass is 31.0. The number of rotatable bonds is 9. The SMILES string of the molecule is CC(C)CCc1ccc(CCCCCOP)cc1. The largest absolute Gasteiger partial charge is 0.366 e. The Hall–Kier alpha value is -0.390. The summed E-state index contributed by atoms with van der Waals surface area (Å²) in [6.07, 6.45) is 7.37. The van der Waals surface area contributed by atoms with Crippen molar-refractivity contribution in [1.82, 2.24) is 0 Å². The van der Waals surface area contributed by atoms with Crippen molar-refractivity contribution in [3.63, 3.8) is 0 Å². The van der Waals surface area contributed by atoms with Gasteiger partial charge in [-0.3, -0.25) is 0 Å². The molecule has 0 bridgehead atoms. The first-order valence-corrected chi connectivity index (χ1v) is 7.59. The zero-order valence-electron chi connectivity index (χ0n) is 11.8. The van der Waals surface area contributed by atoms with E-state index in [1.165, 1.54) is 43.2 Å². The lowest BCUT2D eigenvalue weighted by Crippen LogP contribution is -1.93. The van der Waals surface area contributed by atoms with Gasteiger partial charge in [0.05, 0.1) is 6.61 Å². The van der Waals surface area contributed by atoms with Gasteiger partial charge in [-0.15, -0.1) is 0 Å². The van der Waals surface area contributed by atoms with Crippen LogP contribution in [-0.2, 0) is 17.4 Å². The Balaban J connectivity index is 2.23. The van der Waals surface area contributed by atoms with E-state index in [1.807, 2.05) is 0 Å². The molecule has 1 rings (SSSR count). The molecule has 0 amide bonds. The van der Waals surface area contributed by atoms with Crippen LogP contribution in [0.2, 0.25) is 0 Å². The number of benzene rings is 1. The van der Waals surface area contributed by atoms with E-state index >= 15 is 0 Å². The van der Waals surface area contributed by atoms with Crippen molar-refractivity contribution in [2.24, 2.45) is 5.92 Å². The van der Waals surface area contributed by atoms with Crippen LogP contribution in [-0.4, -0.2) is 6.61 Å². The van der Waals surface area contributed by atoms with Crippen LogP contribution in [0.5, 0.6) is 0 Å². The summed E-state index contributed by atoms with van der Waals surface area (Å²) in [7, 11) is 2.31. The Morgan fingerprint density at radius 1 is 0.944 bits per heavy atom. The molecule has 1 atom stereocenters. The fraction of sp³-hybridized carbons (Fsp3) is 0.625. The maximum atomic E-state index is 4.97. The molecule has 0 spiro atoms. The normalized spacial score (nSPS) is 11.1. The summed E-state index contributed by atoms with van der Waals surface area (Å²) in [4.78, 5) is 0. The highest BCUT2D eigenvalue weighted by Gasteiger charge is 1.98. The number of hydrogen-bond acceptors (Lipinski definition) is 1. The van der Waals surface area contributed by atoms with Crippen LogP contribution < -0.4 is 0 Å². The minimum Gasteiger partial charge on any atom is -0.366 e. The number of hydrogen-bond donors (Lipinski definition) is 0. The van der Waals surface area contributed by atoms with Gasteiger partial charge >= 0.3 is 0 Å². The molecule has 0 aliphatic carbocycles. The summed E-state index contributed by atoms with van der Waals surface area (Å²) in [6, 6.07) is 9.18. The molecule has 0 saturated heterocycles. The lowest BCUT2D eigenvalue weighted by molar-refractivity contribution is 0.354. The van der Waals surface area contributed by atoms with Crippen LogP contribution in [0, 0.1) is 5.92 Å². The molecule has 0 heterocycles. The second-order valence-corrected chi connectivity index (χ2v) is 5.76. The fourth-order valence-corrected chi connectivity index (χ4v) is 2.19. The third kappa shape index (κ3) is 7.13. The van der Waals surface area contributed by atoms with Crippen LogP contribution in [0.25, 0.3) is 0 Å². The average molecular weight is 266 g/mol. The van der Waals surface area contributed by atoms with E-state index in [0.717, 1.165) is 18.9 Å². The van der Waals surface area contributed by atoms with Gasteiger partial charge in [-0.1, -0.05) is 44.5 Å². The molecule has 0 fully saturated rings. The maximum absolute atomic E-state index is 4.97. The molecule has 0 saturated carbocycles. The topological polar surface area (TPSA) is 9.23 Å². The van der Waals surface area contributed by atoms with Crippen molar-refractivity contribution in [3.8, 4) is 0 Å². The van der Waals surface area contributed by atoms with E-state index in [2.05, 4.69) is 47.6 Å². The van der Waals surface area contributed by atoms with E-state index < -0.39 is 0 Å². The first-order valence-electron chi connectivity index (χ1n) is 7.12. The van der Waals surface area contributed by atoms with E-state index in [0.29, 0.717) is 0 Å². The third-order valence-corrected chi connectivity index (χ3v) is 3.50. The van der Waals surface area contributed by atoms with Gasteiger partial charge in [0.15, 0.2) is 0 Å². The van der Waals surface area contributed by atoms with Crippen molar-refractivity contribution in [1.29, 1.82) is 0 Å². The van der Waals surface area contributed by atoms with Gasteiger partial charge in [0.2, 0.25) is 0 Å². The molecule has 0 aliphatic rings. The molecule has 1 unspecified atom stereocenters. The van der Waals surface area contributed by atoms with Crippen LogP contribution in [0.4, 0.5) is 0 Å². The van der Waals surface area contributed by atoms with Crippen molar-refractivity contribution in [2.75, 3.05) is 6.61 Å². The van der Waals surface area contributed by atoms with Gasteiger partial charge in [-0.2, -0.15) is 0 Å². The van der Waals surface area contributed by atoms with Crippen LogP contribution in [0.15, 0.2) is 24.3 Å². The number of unbranched alkanes of at least 4 members (excludes halogenated alkanes) is 2. The van der Waals surface area contributed by atoms with E-state index in [9.17, 15) is 0 Å². The van der Waals surface area contributed by atoms with Gasteiger partial charge in [0.1, 0.15) is 0 Å². The van der Waals surface area contributed by atoms with Crippen LogP contribution >= 0.6 is 9.47 Å². The van der Waals surface area contributed by atoms with Crippen molar-refractivity contribution < 1.29 is 4.52 Å². The first-order chi connectivity index (χ1) is 8.72.